The Balaban J connectivity index is 1.97. The van der Waals surface area contributed by atoms with Gasteiger partial charge in [0.1, 0.15) is 0 Å². The number of rotatable bonds is 2. The molecule has 0 aliphatic heterocycles. The van der Waals surface area contributed by atoms with Gasteiger partial charge in [-0.3, -0.25) is 4.57 Å². The molecule has 1 aromatic carbocycles. The maximum Gasteiger partial charge on any atom is 0.326 e. The van der Waals surface area contributed by atoms with E-state index < -0.39 is 0 Å². The van der Waals surface area contributed by atoms with Crippen LogP contribution in [0.4, 0.5) is 0 Å². The Labute approximate surface area is 98.9 Å². The molecule has 2 aromatic rings. The second kappa shape index (κ2) is 3.74. The van der Waals surface area contributed by atoms with E-state index in [0.29, 0.717) is 18.4 Å². The molecule has 0 amide bonds. The van der Waals surface area contributed by atoms with Crippen LogP contribution in [0.5, 0.6) is 0 Å². The first-order valence-corrected chi connectivity index (χ1v) is 5.98. The number of fused-ring (bicyclic) bond motifs is 1. The van der Waals surface area contributed by atoms with Gasteiger partial charge < -0.3 is 10.1 Å². The standard InChI is InChI=1S/C13H16N2O2/c1-15-12-6-9(10-4-8(5-10)7-16)2-3-11(12)14-13(15)17/h2-3,6,8,10,16H,4-5,7H2,1H3,(H,14,17). The molecule has 1 saturated carbocycles. The number of aryl methyl sites for hydroxylation is 1. The summed E-state index contributed by atoms with van der Waals surface area (Å²) >= 11 is 0. The van der Waals surface area contributed by atoms with E-state index in [1.54, 1.807) is 11.6 Å². The molecule has 0 bridgehead atoms. The number of H-pyrrole nitrogens is 1. The highest BCUT2D eigenvalue weighted by Gasteiger charge is 2.29. The van der Waals surface area contributed by atoms with E-state index in [4.69, 9.17) is 5.11 Å². The Kier molecular flexibility index (Phi) is 2.33. The van der Waals surface area contributed by atoms with Crippen LogP contribution in [0.2, 0.25) is 0 Å². The van der Waals surface area contributed by atoms with Crippen molar-refractivity contribution in [2.45, 2.75) is 18.8 Å². The fraction of sp³-hybridized carbons (Fsp3) is 0.462. The SMILES string of the molecule is Cn1c(=O)[nH]c2ccc(C3CC(CO)C3)cc21. The minimum Gasteiger partial charge on any atom is -0.396 e. The Bertz CT molecular complexity index is 605. The number of imidazole rings is 1. The van der Waals surface area contributed by atoms with E-state index in [9.17, 15) is 4.79 Å². The minimum absolute atomic E-state index is 0.0704. The summed E-state index contributed by atoms with van der Waals surface area (Å²) in [4.78, 5) is 14.3. The number of benzene rings is 1. The monoisotopic (exact) mass is 232 g/mol. The van der Waals surface area contributed by atoms with Gasteiger partial charge >= 0.3 is 5.69 Å². The molecular weight excluding hydrogens is 216 g/mol. The maximum absolute atomic E-state index is 11.5. The molecule has 2 N–H and O–H groups in total. The fourth-order valence-electron chi connectivity index (χ4n) is 2.65. The first-order chi connectivity index (χ1) is 8.19. The quantitative estimate of drug-likeness (QED) is 0.821. The third-order valence-corrected chi connectivity index (χ3v) is 3.89. The minimum atomic E-state index is -0.0704. The molecule has 0 unspecified atom stereocenters. The van der Waals surface area contributed by atoms with Gasteiger partial charge in [0.25, 0.3) is 0 Å². The second-order valence-corrected chi connectivity index (χ2v) is 4.98. The molecule has 0 radical (unpaired) electrons. The second-order valence-electron chi connectivity index (χ2n) is 4.98. The van der Waals surface area contributed by atoms with E-state index in [-0.39, 0.29) is 5.69 Å². The van der Waals surface area contributed by atoms with Crippen LogP contribution in [0, 0.1) is 5.92 Å². The Morgan fingerprint density at radius 3 is 2.94 bits per heavy atom. The lowest BCUT2D eigenvalue weighted by Gasteiger charge is -2.34. The summed E-state index contributed by atoms with van der Waals surface area (Å²) in [6.45, 7) is 0.293. The number of hydrogen-bond donors (Lipinski definition) is 2. The van der Waals surface area contributed by atoms with Crippen molar-refractivity contribution in [3.63, 3.8) is 0 Å². The first kappa shape index (κ1) is 10.6. The number of aliphatic hydroxyl groups is 1. The smallest absolute Gasteiger partial charge is 0.326 e. The fourth-order valence-corrected chi connectivity index (χ4v) is 2.65. The number of aromatic amines is 1. The molecule has 1 aliphatic carbocycles. The lowest BCUT2D eigenvalue weighted by atomic mass is 9.72. The number of aliphatic hydroxyl groups excluding tert-OH is 1. The van der Waals surface area contributed by atoms with Gasteiger partial charge in [-0.25, -0.2) is 4.79 Å². The largest absolute Gasteiger partial charge is 0.396 e. The van der Waals surface area contributed by atoms with Gasteiger partial charge in [0.05, 0.1) is 11.0 Å². The van der Waals surface area contributed by atoms with Gasteiger partial charge in [-0.15, -0.1) is 0 Å². The summed E-state index contributed by atoms with van der Waals surface area (Å²) in [5, 5.41) is 9.02. The van der Waals surface area contributed by atoms with Crippen molar-refractivity contribution in [3.05, 3.63) is 34.2 Å². The summed E-state index contributed by atoms with van der Waals surface area (Å²) < 4.78 is 1.64. The van der Waals surface area contributed by atoms with Crippen molar-refractivity contribution in [3.8, 4) is 0 Å². The van der Waals surface area contributed by atoms with E-state index >= 15 is 0 Å². The lowest BCUT2D eigenvalue weighted by molar-refractivity contribution is 0.142. The number of nitrogens with zero attached hydrogens (tertiary/aromatic N) is 1. The molecule has 1 fully saturated rings. The van der Waals surface area contributed by atoms with Gasteiger partial charge in [-0.2, -0.15) is 0 Å². The molecule has 3 rings (SSSR count). The van der Waals surface area contributed by atoms with Crippen LogP contribution in [0.25, 0.3) is 11.0 Å². The lowest BCUT2D eigenvalue weighted by Crippen LogP contribution is -2.24. The first-order valence-electron chi connectivity index (χ1n) is 5.98. The normalized spacial score (nSPS) is 23.9. The molecule has 0 spiro atoms. The molecule has 0 saturated heterocycles. The highest BCUT2D eigenvalue weighted by molar-refractivity contribution is 5.76. The number of hydrogen-bond acceptors (Lipinski definition) is 2. The Morgan fingerprint density at radius 2 is 2.24 bits per heavy atom. The molecular formula is C13H16N2O2. The van der Waals surface area contributed by atoms with Crippen molar-refractivity contribution in [2.75, 3.05) is 6.61 Å². The summed E-state index contributed by atoms with van der Waals surface area (Å²) in [5.41, 5.74) is 3.05. The molecule has 1 aliphatic rings. The van der Waals surface area contributed by atoms with Gasteiger partial charge in [0.2, 0.25) is 0 Å². The summed E-state index contributed by atoms with van der Waals surface area (Å²) in [6.07, 6.45) is 2.11. The Morgan fingerprint density at radius 1 is 1.47 bits per heavy atom. The Hall–Kier alpha value is -1.55. The van der Waals surface area contributed by atoms with Crippen LogP contribution in [-0.2, 0) is 7.05 Å². The van der Waals surface area contributed by atoms with Crippen molar-refractivity contribution in [2.24, 2.45) is 13.0 Å². The average molecular weight is 232 g/mol. The van der Waals surface area contributed by atoms with Crippen LogP contribution in [-0.4, -0.2) is 21.3 Å². The van der Waals surface area contributed by atoms with Crippen molar-refractivity contribution in [1.82, 2.24) is 9.55 Å². The van der Waals surface area contributed by atoms with Gasteiger partial charge in [-0.1, -0.05) is 6.07 Å². The van der Waals surface area contributed by atoms with E-state index in [1.165, 1.54) is 5.56 Å². The predicted molar refractivity (Wildman–Crippen MR) is 66.1 cm³/mol. The predicted octanol–water partition coefficient (Wildman–Crippen LogP) is 1.35. The van der Waals surface area contributed by atoms with Crippen molar-refractivity contribution in [1.29, 1.82) is 0 Å². The van der Waals surface area contributed by atoms with Crippen LogP contribution in [0.3, 0.4) is 0 Å². The maximum atomic E-state index is 11.5. The highest BCUT2D eigenvalue weighted by atomic mass is 16.3. The van der Waals surface area contributed by atoms with Crippen LogP contribution >= 0.6 is 0 Å². The van der Waals surface area contributed by atoms with Crippen LogP contribution in [0.1, 0.15) is 24.3 Å². The summed E-state index contributed by atoms with van der Waals surface area (Å²) in [7, 11) is 1.78. The van der Waals surface area contributed by atoms with E-state index in [1.807, 2.05) is 6.07 Å². The molecule has 4 nitrogen and oxygen atoms in total. The molecule has 1 heterocycles. The molecule has 90 valence electrons. The van der Waals surface area contributed by atoms with Crippen molar-refractivity contribution >= 4 is 11.0 Å². The third-order valence-electron chi connectivity index (χ3n) is 3.89. The van der Waals surface area contributed by atoms with Gasteiger partial charge in [0.15, 0.2) is 0 Å². The molecule has 4 heteroatoms. The van der Waals surface area contributed by atoms with Gasteiger partial charge in [-0.05, 0) is 42.4 Å². The molecule has 17 heavy (non-hydrogen) atoms. The number of nitrogens with one attached hydrogen (secondary N) is 1. The average Bonchev–Trinajstić information content (AvgIpc) is 2.54. The van der Waals surface area contributed by atoms with E-state index in [2.05, 4.69) is 17.1 Å². The summed E-state index contributed by atoms with van der Waals surface area (Å²) in [6, 6.07) is 6.14. The third kappa shape index (κ3) is 1.60. The number of aromatic nitrogens is 2. The van der Waals surface area contributed by atoms with Crippen LogP contribution < -0.4 is 5.69 Å². The zero-order chi connectivity index (χ0) is 12.0. The molecule has 1 aromatic heterocycles. The molecule has 0 atom stereocenters. The van der Waals surface area contributed by atoms with Gasteiger partial charge in [0, 0.05) is 13.7 Å². The van der Waals surface area contributed by atoms with Crippen molar-refractivity contribution < 1.29 is 5.11 Å². The zero-order valence-electron chi connectivity index (χ0n) is 9.81. The van der Waals surface area contributed by atoms with Crippen LogP contribution in [0.15, 0.2) is 23.0 Å². The summed E-state index contributed by atoms with van der Waals surface area (Å²) in [5.74, 6) is 1.01. The van der Waals surface area contributed by atoms with E-state index in [0.717, 1.165) is 23.9 Å². The highest BCUT2D eigenvalue weighted by Crippen LogP contribution is 2.41. The zero-order valence-corrected chi connectivity index (χ0v) is 9.81. The topological polar surface area (TPSA) is 58.0 Å².